The molecule has 0 saturated heterocycles. The molecule has 0 spiro atoms. The van der Waals surface area contributed by atoms with E-state index >= 15 is 0 Å². The maximum Gasteiger partial charge on any atom is 0.433 e. The van der Waals surface area contributed by atoms with Gasteiger partial charge in [-0.25, -0.2) is 4.63 Å². The lowest BCUT2D eigenvalue weighted by Crippen LogP contribution is -2.41. The number of hydrogen-bond acceptors (Lipinski definition) is 11. The van der Waals surface area contributed by atoms with E-state index in [9.17, 15) is 19.7 Å². The first kappa shape index (κ1) is 18.2. The largest absolute Gasteiger partial charge is 0.433 e. The third-order valence-electron chi connectivity index (χ3n) is 3.30. The molecule has 0 radical (unpaired) electrons. The summed E-state index contributed by atoms with van der Waals surface area (Å²) in [6, 6.07) is 2.45. The fraction of sp³-hybridized carbons (Fsp3) is 0.0769. The van der Waals surface area contributed by atoms with E-state index in [0.29, 0.717) is 0 Å². The van der Waals surface area contributed by atoms with Gasteiger partial charge < -0.3 is 10.2 Å². The number of nitro groups is 1. The second-order valence-electron chi connectivity index (χ2n) is 5.12. The summed E-state index contributed by atoms with van der Waals surface area (Å²) in [6.07, 6.45) is 2.20. The number of nitrogens with zero attached hydrogens (tertiary/aromatic N) is 6. The third kappa shape index (κ3) is 3.66. The van der Waals surface area contributed by atoms with Crippen molar-refractivity contribution in [2.24, 2.45) is 0 Å². The molecular formula is C13H11N9O6. The van der Waals surface area contributed by atoms with Crippen LogP contribution in [0, 0.1) is 17.0 Å². The van der Waals surface area contributed by atoms with Gasteiger partial charge in [0.15, 0.2) is 5.69 Å². The summed E-state index contributed by atoms with van der Waals surface area (Å²) in [5, 5.41) is 24.9. The zero-order chi connectivity index (χ0) is 20.3. The van der Waals surface area contributed by atoms with Crippen LogP contribution in [0.3, 0.4) is 0 Å². The van der Waals surface area contributed by atoms with Crippen LogP contribution >= 0.6 is 0 Å². The van der Waals surface area contributed by atoms with Gasteiger partial charge in [0.1, 0.15) is 10.7 Å². The van der Waals surface area contributed by atoms with Crippen LogP contribution in [0.5, 0.6) is 0 Å². The van der Waals surface area contributed by atoms with Crippen molar-refractivity contribution < 1.29 is 23.6 Å². The van der Waals surface area contributed by atoms with Crippen molar-refractivity contribution in [2.45, 2.75) is 6.92 Å². The van der Waals surface area contributed by atoms with E-state index in [1.807, 2.05) is 0 Å². The molecule has 3 aromatic heterocycles. The minimum atomic E-state index is -0.755. The topological polar surface area (TPSA) is 210 Å². The number of amides is 2. The number of carbonyl (C=O) groups excluding carboxylic acids is 2. The van der Waals surface area contributed by atoms with Crippen molar-refractivity contribution in [3.8, 4) is 5.82 Å². The van der Waals surface area contributed by atoms with Crippen molar-refractivity contribution in [1.29, 1.82) is 0 Å². The Labute approximate surface area is 154 Å². The standard InChI is InChI=1S/C13H11N9O6/c1-6-10(16-20-21(6)12-11(14)18-28-19-12)13(24)17-15-8(23)4-2-7-3-5-9(27-7)22(25)26/h2-5H,1H3,(H2,14,18)(H,15,23)(H,17,24)/b4-2+. The van der Waals surface area contributed by atoms with Gasteiger partial charge in [-0.3, -0.25) is 30.6 Å². The van der Waals surface area contributed by atoms with E-state index in [0.717, 1.165) is 16.8 Å². The molecule has 0 saturated carbocycles. The smallest absolute Gasteiger partial charge is 0.401 e. The molecule has 3 heterocycles. The second-order valence-corrected chi connectivity index (χ2v) is 5.12. The number of nitrogen functional groups attached to an aromatic ring is 1. The number of aromatic nitrogens is 5. The van der Waals surface area contributed by atoms with Crippen molar-refractivity contribution >= 4 is 29.6 Å². The molecule has 144 valence electrons. The molecule has 28 heavy (non-hydrogen) atoms. The van der Waals surface area contributed by atoms with Crippen LogP contribution < -0.4 is 16.6 Å². The first-order valence-electron chi connectivity index (χ1n) is 7.40. The summed E-state index contributed by atoms with van der Waals surface area (Å²) < 4.78 is 10.5. The lowest BCUT2D eigenvalue weighted by molar-refractivity contribution is -0.402. The number of hydrazine groups is 1. The Morgan fingerprint density at radius 1 is 1.32 bits per heavy atom. The highest BCUT2D eigenvalue weighted by molar-refractivity contribution is 5.97. The first-order valence-corrected chi connectivity index (χ1v) is 7.40. The van der Waals surface area contributed by atoms with Gasteiger partial charge in [0, 0.05) is 6.08 Å². The van der Waals surface area contributed by atoms with Crippen LogP contribution in [0.1, 0.15) is 21.9 Å². The molecule has 4 N–H and O–H groups in total. The summed E-state index contributed by atoms with van der Waals surface area (Å²) in [5.41, 5.74) is 9.98. The van der Waals surface area contributed by atoms with Crippen LogP contribution in [-0.4, -0.2) is 42.0 Å². The van der Waals surface area contributed by atoms with Crippen molar-refractivity contribution in [1.82, 2.24) is 36.2 Å². The minimum Gasteiger partial charge on any atom is -0.401 e. The van der Waals surface area contributed by atoms with Gasteiger partial charge >= 0.3 is 5.88 Å². The number of nitrogens with two attached hydrogens (primary N) is 1. The number of anilines is 1. The predicted octanol–water partition coefficient (Wildman–Crippen LogP) is -0.483. The summed E-state index contributed by atoms with van der Waals surface area (Å²) in [5.74, 6) is -1.84. The fourth-order valence-corrected chi connectivity index (χ4v) is 1.98. The molecule has 0 atom stereocenters. The Bertz CT molecular complexity index is 1080. The van der Waals surface area contributed by atoms with Gasteiger partial charge in [0.25, 0.3) is 11.8 Å². The Kier molecular flexibility index (Phi) is 4.79. The van der Waals surface area contributed by atoms with E-state index in [2.05, 4.69) is 36.1 Å². The summed E-state index contributed by atoms with van der Waals surface area (Å²) in [4.78, 5) is 33.7. The number of nitrogens with one attached hydrogen (secondary N) is 2. The van der Waals surface area contributed by atoms with Gasteiger partial charge in [-0.2, -0.15) is 4.68 Å². The minimum absolute atomic E-state index is 0.0449. The molecule has 0 unspecified atom stereocenters. The van der Waals surface area contributed by atoms with Gasteiger partial charge in [0.05, 0.1) is 11.8 Å². The maximum absolute atomic E-state index is 12.1. The number of rotatable bonds is 5. The van der Waals surface area contributed by atoms with Crippen LogP contribution in [0.2, 0.25) is 0 Å². The summed E-state index contributed by atoms with van der Waals surface area (Å²) in [6.45, 7) is 1.52. The predicted molar refractivity (Wildman–Crippen MR) is 88.4 cm³/mol. The van der Waals surface area contributed by atoms with Crippen LogP contribution in [0.4, 0.5) is 11.7 Å². The highest BCUT2D eigenvalue weighted by Crippen LogP contribution is 2.16. The first-order chi connectivity index (χ1) is 13.4. The molecule has 0 bridgehead atoms. The zero-order valence-corrected chi connectivity index (χ0v) is 14.0. The zero-order valence-electron chi connectivity index (χ0n) is 14.0. The van der Waals surface area contributed by atoms with Gasteiger partial charge in [-0.05, 0) is 29.4 Å². The lowest BCUT2D eigenvalue weighted by atomic mass is 10.3. The van der Waals surface area contributed by atoms with Gasteiger partial charge in [0.2, 0.25) is 11.6 Å². The average molecular weight is 389 g/mol. The van der Waals surface area contributed by atoms with Gasteiger partial charge in [-0.1, -0.05) is 5.21 Å². The normalized spacial score (nSPS) is 10.9. The molecule has 0 fully saturated rings. The number of hydrogen-bond donors (Lipinski definition) is 3. The number of furan rings is 1. The Hall–Kier alpha value is -4.56. The van der Waals surface area contributed by atoms with E-state index < -0.39 is 22.6 Å². The Morgan fingerprint density at radius 3 is 2.75 bits per heavy atom. The summed E-state index contributed by atoms with van der Waals surface area (Å²) in [7, 11) is 0. The molecular weight excluding hydrogens is 378 g/mol. The van der Waals surface area contributed by atoms with E-state index in [1.165, 1.54) is 19.1 Å². The van der Waals surface area contributed by atoms with Gasteiger partial charge in [-0.15, -0.1) is 5.10 Å². The maximum atomic E-state index is 12.1. The number of carbonyl (C=O) groups is 2. The highest BCUT2D eigenvalue weighted by atomic mass is 16.6. The molecule has 0 aliphatic rings. The quantitative estimate of drug-likeness (QED) is 0.288. The fourth-order valence-electron chi connectivity index (χ4n) is 1.98. The molecule has 15 nitrogen and oxygen atoms in total. The second kappa shape index (κ2) is 7.36. The van der Waals surface area contributed by atoms with Crippen molar-refractivity contribution in [3.05, 3.63) is 45.5 Å². The van der Waals surface area contributed by atoms with Crippen molar-refractivity contribution in [2.75, 3.05) is 5.73 Å². The Morgan fingerprint density at radius 2 is 2.11 bits per heavy atom. The molecule has 3 rings (SSSR count). The summed E-state index contributed by atoms with van der Waals surface area (Å²) >= 11 is 0. The Balaban J connectivity index is 1.60. The monoisotopic (exact) mass is 389 g/mol. The average Bonchev–Trinajstić information content (AvgIpc) is 3.38. The van der Waals surface area contributed by atoms with Crippen LogP contribution in [-0.2, 0) is 4.79 Å². The lowest BCUT2D eigenvalue weighted by Gasteiger charge is -2.03. The molecule has 0 aliphatic carbocycles. The molecule has 0 aromatic carbocycles. The van der Waals surface area contributed by atoms with Crippen molar-refractivity contribution in [3.63, 3.8) is 0 Å². The third-order valence-corrected chi connectivity index (χ3v) is 3.30. The van der Waals surface area contributed by atoms with E-state index in [4.69, 9.17) is 10.2 Å². The van der Waals surface area contributed by atoms with Crippen LogP contribution in [0.25, 0.3) is 11.9 Å². The molecule has 2 amide bonds. The SMILES string of the molecule is Cc1c(C(=O)NNC(=O)/C=C/c2ccc([N+](=O)[O-])o2)nnn1-c1nonc1N. The molecule has 3 aromatic rings. The van der Waals surface area contributed by atoms with E-state index in [-0.39, 0.29) is 28.8 Å². The molecule has 15 heteroatoms. The highest BCUT2D eigenvalue weighted by Gasteiger charge is 2.21. The molecule has 0 aliphatic heterocycles. The van der Waals surface area contributed by atoms with E-state index in [1.54, 1.807) is 0 Å². The van der Waals surface area contributed by atoms with Crippen LogP contribution in [0.15, 0.2) is 27.3 Å².